The molecule has 3 aliphatic rings. The van der Waals surface area contributed by atoms with Gasteiger partial charge in [0.05, 0.1) is 31.5 Å². The van der Waals surface area contributed by atoms with Crippen LogP contribution in [0.15, 0.2) is 48.6 Å². The molecule has 0 bridgehead atoms. The lowest BCUT2D eigenvalue weighted by molar-refractivity contribution is -0.935. The van der Waals surface area contributed by atoms with E-state index in [-0.39, 0.29) is 16.9 Å². The molecule has 3 nitrogen and oxygen atoms in total. The maximum absolute atomic E-state index is 6.55. The van der Waals surface area contributed by atoms with Gasteiger partial charge in [0.15, 0.2) is 11.5 Å². The van der Waals surface area contributed by atoms with Crippen molar-refractivity contribution in [2.45, 2.75) is 49.8 Å². The number of allylic oxidation sites excluding steroid dienone is 1. The molecule has 4 heteroatoms. The number of benzene rings is 2. The summed E-state index contributed by atoms with van der Waals surface area (Å²) in [4.78, 5) is 0. The molecule has 0 aromatic heterocycles. The molecule has 5 rings (SSSR count). The molecule has 1 aliphatic carbocycles. The van der Waals surface area contributed by atoms with Crippen molar-refractivity contribution in [2.24, 2.45) is 0 Å². The van der Waals surface area contributed by atoms with Crippen LogP contribution < -0.4 is 9.47 Å². The Kier molecular flexibility index (Phi) is 4.45. The lowest BCUT2D eigenvalue weighted by atomic mass is 9.69. The largest absolute Gasteiger partial charge is 0.493 e. The minimum atomic E-state index is -0.0952. The van der Waals surface area contributed by atoms with E-state index < -0.39 is 0 Å². The van der Waals surface area contributed by atoms with Crippen LogP contribution in [0, 0.1) is 6.92 Å². The molecule has 0 saturated heterocycles. The summed E-state index contributed by atoms with van der Waals surface area (Å²) in [5.41, 5.74) is 5.38. The minimum absolute atomic E-state index is 0.0314. The fraction of sp³-hybridized carbons (Fsp3) is 0.440. The highest BCUT2D eigenvalue weighted by molar-refractivity contribution is 6.21. The van der Waals surface area contributed by atoms with E-state index in [9.17, 15) is 0 Å². The molecule has 2 heterocycles. The zero-order valence-corrected chi connectivity index (χ0v) is 18.2. The number of hydrogen-bond donors (Lipinski definition) is 0. The molecule has 4 atom stereocenters. The van der Waals surface area contributed by atoms with Crippen LogP contribution in [0.4, 0.5) is 0 Å². The topological polar surface area (TPSA) is 18.5 Å². The number of aryl methyl sites for hydroxylation is 1. The number of nitrogens with zero attached hydrogens (tertiary/aromatic N) is 1. The number of hydrogen-bond acceptors (Lipinski definition) is 2. The van der Waals surface area contributed by atoms with Gasteiger partial charge in [-0.1, -0.05) is 42.5 Å². The third kappa shape index (κ3) is 2.98. The molecular formula is C25H29ClNO2+. The fourth-order valence-electron chi connectivity index (χ4n) is 5.63. The summed E-state index contributed by atoms with van der Waals surface area (Å²) >= 11 is 6.51. The normalized spacial score (nSPS) is 32.1. The Morgan fingerprint density at radius 2 is 2.07 bits per heavy atom. The lowest BCUT2D eigenvalue weighted by Crippen LogP contribution is -2.46. The number of quaternary nitrogens is 1. The molecular weight excluding hydrogens is 382 g/mol. The van der Waals surface area contributed by atoms with Crippen LogP contribution in [-0.2, 0) is 18.5 Å². The standard InChI is InChI=1S/C25H29ClNO2/c1-17-13-21(28-3)24-23-20(17)16-27(2,15-18-7-5-4-6-8-18)12-11-25(23)10-9-19(26)14-22(25)29-24/h4-10,13,19,22H,11-12,14-16H2,1-3H3/q+1. The first kappa shape index (κ1) is 19.0. The molecule has 2 aromatic rings. The Labute approximate surface area is 178 Å². The Bertz CT molecular complexity index is 973. The van der Waals surface area contributed by atoms with Crippen LogP contribution >= 0.6 is 11.6 Å². The zero-order chi connectivity index (χ0) is 20.2. The molecule has 0 amide bonds. The molecule has 0 saturated carbocycles. The van der Waals surface area contributed by atoms with E-state index >= 15 is 0 Å². The van der Waals surface area contributed by atoms with Gasteiger partial charge in [0.25, 0.3) is 0 Å². The molecule has 1 spiro atoms. The second-order valence-electron chi connectivity index (χ2n) is 9.23. The van der Waals surface area contributed by atoms with Crippen molar-refractivity contribution in [1.82, 2.24) is 0 Å². The molecule has 29 heavy (non-hydrogen) atoms. The van der Waals surface area contributed by atoms with Crippen LogP contribution in [0.25, 0.3) is 0 Å². The second-order valence-corrected chi connectivity index (χ2v) is 9.79. The molecule has 0 fully saturated rings. The highest BCUT2D eigenvalue weighted by Gasteiger charge is 2.55. The van der Waals surface area contributed by atoms with Crippen molar-refractivity contribution in [2.75, 3.05) is 20.7 Å². The Hall–Kier alpha value is -1.97. The van der Waals surface area contributed by atoms with Crippen molar-refractivity contribution >= 4 is 11.6 Å². The van der Waals surface area contributed by atoms with Crippen molar-refractivity contribution in [1.29, 1.82) is 0 Å². The molecule has 0 radical (unpaired) electrons. The van der Waals surface area contributed by atoms with E-state index in [1.165, 1.54) is 22.3 Å². The highest BCUT2D eigenvalue weighted by Crippen LogP contribution is 2.57. The van der Waals surface area contributed by atoms with Crippen LogP contribution in [0.2, 0.25) is 0 Å². The summed E-state index contributed by atoms with van der Waals surface area (Å²) in [6.07, 6.45) is 6.53. The van der Waals surface area contributed by atoms with E-state index in [1.54, 1.807) is 7.11 Å². The number of ether oxygens (including phenoxy) is 2. The number of methoxy groups -OCH3 is 1. The average molecular weight is 411 g/mol. The van der Waals surface area contributed by atoms with Gasteiger partial charge in [-0.3, -0.25) is 0 Å². The first-order chi connectivity index (χ1) is 13.9. The van der Waals surface area contributed by atoms with Crippen LogP contribution in [0.1, 0.15) is 35.1 Å². The first-order valence-corrected chi connectivity index (χ1v) is 11.0. The van der Waals surface area contributed by atoms with Crippen LogP contribution in [0.3, 0.4) is 0 Å². The van der Waals surface area contributed by atoms with E-state index in [4.69, 9.17) is 21.1 Å². The van der Waals surface area contributed by atoms with Gasteiger partial charge in [-0.25, -0.2) is 0 Å². The van der Waals surface area contributed by atoms with Crippen LogP contribution in [0.5, 0.6) is 11.5 Å². The van der Waals surface area contributed by atoms with Gasteiger partial charge in [0, 0.05) is 29.5 Å². The molecule has 2 aromatic carbocycles. The highest BCUT2D eigenvalue weighted by atomic mass is 35.5. The molecule has 0 N–H and O–H groups in total. The van der Waals surface area contributed by atoms with Gasteiger partial charge in [-0.2, -0.15) is 0 Å². The lowest BCUT2D eigenvalue weighted by Gasteiger charge is -2.37. The van der Waals surface area contributed by atoms with Gasteiger partial charge in [-0.05, 0) is 18.6 Å². The summed E-state index contributed by atoms with van der Waals surface area (Å²) in [5, 5.41) is 0.0314. The number of rotatable bonds is 3. The smallest absolute Gasteiger partial charge is 0.166 e. The molecule has 152 valence electrons. The summed E-state index contributed by atoms with van der Waals surface area (Å²) in [6.45, 7) is 5.35. The Morgan fingerprint density at radius 3 is 2.83 bits per heavy atom. The van der Waals surface area contributed by atoms with E-state index in [0.717, 1.165) is 48.5 Å². The first-order valence-electron chi connectivity index (χ1n) is 10.5. The predicted octanol–water partition coefficient (Wildman–Crippen LogP) is 5.12. The zero-order valence-electron chi connectivity index (χ0n) is 17.5. The third-order valence-corrected chi connectivity index (χ3v) is 7.47. The van der Waals surface area contributed by atoms with Gasteiger partial charge in [0.2, 0.25) is 0 Å². The van der Waals surface area contributed by atoms with Gasteiger partial charge in [0.1, 0.15) is 19.2 Å². The maximum atomic E-state index is 6.55. The Balaban J connectivity index is 1.65. The maximum Gasteiger partial charge on any atom is 0.166 e. The fourth-order valence-corrected chi connectivity index (χ4v) is 5.87. The predicted molar refractivity (Wildman–Crippen MR) is 117 cm³/mol. The minimum Gasteiger partial charge on any atom is -0.493 e. The summed E-state index contributed by atoms with van der Waals surface area (Å²) < 4.78 is 13.3. The van der Waals surface area contributed by atoms with Crippen molar-refractivity contribution < 1.29 is 14.0 Å². The van der Waals surface area contributed by atoms with Gasteiger partial charge >= 0.3 is 0 Å². The molecule has 4 unspecified atom stereocenters. The monoisotopic (exact) mass is 410 g/mol. The SMILES string of the molecule is COc1cc(C)c2c3c1OC1CC(Cl)C=CC31CC[N+](C)(Cc1ccccc1)C2. The summed E-state index contributed by atoms with van der Waals surface area (Å²) in [7, 11) is 4.13. The average Bonchev–Trinajstić information content (AvgIpc) is 2.97. The Morgan fingerprint density at radius 1 is 1.28 bits per heavy atom. The summed E-state index contributed by atoms with van der Waals surface area (Å²) in [5.74, 6) is 1.80. The quantitative estimate of drug-likeness (QED) is 0.397. The van der Waals surface area contributed by atoms with Crippen molar-refractivity contribution in [3.05, 3.63) is 70.8 Å². The van der Waals surface area contributed by atoms with E-state index in [0.29, 0.717) is 0 Å². The van der Waals surface area contributed by atoms with Crippen molar-refractivity contribution in [3.8, 4) is 11.5 Å². The second kappa shape index (κ2) is 6.78. The molecule has 2 aliphatic heterocycles. The van der Waals surface area contributed by atoms with Gasteiger partial charge in [-0.15, -0.1) is 11.6 Å². The summed E-state index contributed by atoms with van der Waals surface area (Å²) in [6, 6.07) is 13.0. The number of alkyl halides is 1. The number of halogens is 1. The van der Waals surface area contributed by atoms with E-state index in [1.807, 2.05) is 0 Å². The third-order valence-electron chi connectivity index (χ3n) is 7.15. The van der Waals surface area contributed by atoms with E-state index in [2.05, 4.69) is 62.5 Å². The van der Waals surface area contributed by atoms with Gasteiger partial charge < -0.3 is 14.0 Å². The van der Waals surface area contributed by atoms with Crippen LogP contribution in [-0.4, -0.2) is 36.7 Å². The van der Waals surface area contributed by atoms with Crippen molar-refractivity contribution in [3.63, 3.8) is 0 Å².